The van der Waals surface area contributed by atoms with Gasteiger partial charge in [-0.15, -0.1) is 0 Å². The van der Waals surface area contributed by atoms with Gasteiger partial charge in [-0.1, -0.05) is 30.3 Å². The summed E-state index contributed by atoms with van der Waals surface area (Å²) in [4.78, 5) is 4.04. The summed E-state index contributed by atoms with van der Waals surface area (Å²) in [6.45, 7) is 0. The van der Waals surface area contributed by atoms with E-state index in [0.717, 1.165) is 36.1 Å². The maximum absolute atomic E-state index is 5.99. The van der Waals surface area contributed by atoms with Crippen molar-refractivity contribution in [3.05, 3.63) is 66.1 Å². The molecule has 0 radical (unpaired) electrons. The number of benzene rings is 1. The smallest absolute Gasteiger partial charge is 0.153 e. The zero-order valence-electron chi connectivity index (χ0n) is 11.8. The maximum Gasteiger partial charge on any atom is 0.153 e. The Labute approximate surface area is 124 Å². The summed E-state index contributed by atoms with van der Waals surface area (Å²) >= 11 is 0. The molecule has 3 rings (SSSR count). The molecule has 0 spiro atoms. The molecule has 0 saturated carbocycles. The number of aromatic amines is 1. The third-order valence-corrected chi connectivity index (χ3v) is 3.57. The first-order valence-electron chi connectivity index (χ1n) is 7.11. The number of H-pyrrole nitrogens is 1. The van der Waals surface area contributed by atoms with E-state index in [0.29, 0.717) is 5.82 Å². The van der Waals surface area contributed by atoms with Crippen LogP contribution in [0.3, 0.4) is 0 Å². The number of nitrogens with two attached hydrogens (primary N) is 1. The summed E-state index contributed by atoms with van der Waals surface area (Å²) in [6, 6.07) is 14.4. The third-order valence-electron chi connectivity index (χ3n) is 3.57. The van der Waals surface area contributed by atoms with Gasteiger partial charge in [-0.05, 0) is 42.5 Å². The van der Waals surface area contributed by atoms with E-state index in [1.54, 1.807) is 12.4 Å². The minimum atomic E-state index is 0.552. The standard InChI is InChI=1S/C17H18N4/c18-17-16(14-9-11-19-12-10-14)15(20-21-17)8-4-7-13-5-2-1-3-6-13/h1-3,5-6,9-12H,4,7-8H2,(H3,18,20,21). The molecule has 0 aliphatic heterocycles. The average molecular weight is 278 g/mol. The van der Waals surface area contributed by atoms with Gasteiger partial charge in [0.1, 0.15) is 0 Å². The normalized spacial score (nSPS) is 10.7. The Balaban J connectivity index is 1.72. The van der Waals surface area contributed by atoms with Crippen LogP contribution < -0.4 is 5.73 Å². The van der Waals surface area contributed by atoms with E-state index >= 15 is 0 Å². The van der Waals surface area contributed by atoms with Crippen LogP contribution in [0.4, 0.5) is 5.82 Å². The molecular weight excluding hydrogens is 260 g/mol. The molecule has 0 aliphatic carbocycles. The van der Waals surface area contributed by atoms with Gasteiger partial charge in [-0.25, -0.2) is 0 Å². The molecule has 0 amide bonds. The Bertz CT molecular complexity index is 689. The first-order valence-corrected chi connectivity index (χ1v) is 7.11. The Morgan fingerprint density at radius 2 is 1.71 bits per heavy atom. The van der Waals surface area contributed by atoms with Crippen LogP contribution >= 0.6 is 0 Å². The number of rotatable bonds is 5. The van der Waals surface area contributed by atoms with E-state index in [1.807, 2.05) is 18.2 Å². The van der Waals surface area contributed by atoms with Crippen LogP contribution in [-0.4, -0.2) is 15.2 Å². The number of aromatic nitrogens is 3. The first kappa shape index (κ1) is 13.4. The summed E-state index contributed by atoms with van der Waals surface area (Å²) < 4.78 is 0. The molecule has 0 atom stereocenters. The summed E-state index contributed by atoms with van der Waals surface area (Å²) in [7, 11) is 0. The highest BCUT2D eigenvalue weighted by atomic mass is 15.2. The van der Waals surface area contributed by atoms with Crippen molar-refractivity contribution >= 4 is 5.82 Å². The number of nitrogens with one attached hydrogen (secondary N) is 1. The van der Waals surface area contributed by atoms with Crippen LogP contribution in [-0.2, 0) is 12.8 Å². The molecule has 3 N–H and O–H groups in total. The molecule has 0 fully saturated rings. The highest BCUT2D eigenvalue weighted by Gasteiger charge is 2.12. The molecule has 21 heavy (non-hydrogen) atoms. The topological polar surface area (TPSA) is 67.6 Å². The van der Waals surface area contributed by atoms with Crippen LogP contribution in [0.25, 0.3) is 11.1 Å². The fraction of sp³-hybridized carbons (Fsp3) is 0.176. The van der Waals surface area contributed by atoms with Crippen LogP contribution in [0.15, 0.2) is 54.9 Å². The van der Waals surface area contributed by atoms with E-state index < -0.39 is 0 Å². The predicted molar refractivity (Wildman–Crippen MR) is 84.7 cm³/mol. The Kier molecular flexibility index (Phi) is 3.96. The van der Waals surface area contributed by atoms with Crippen LogP contribution in [0.2, 0.25) is 0 Å². The second kappa shape index (κ2) is 6.22. The Hall–Kier alpha value is -2.62. The number of nitrogen functional groups attached to an aromatic ring is 1. The van der Waals surface area contributed by atoms with Gasteiger partial charge in [0.25, 0.3) is 0 Å². The van der Waals surface area contributed by atoms with Crippen molar-refractivity contribution in [2.45, 2.75) is 19.3 Å². The van der Waals surface area contributed by atoms with Gasteiger partial charge in [0.15, 0.2) is 5.82 Å². The van der Waals surface area contributed by atoms with Crippen LogP contribution in [0.1, 0.15) is 17.7 Å². The molecule has 106 valence electrons. The summed E-state index contributed by atoms with van der Waals surface area (Å²) in [5.74, 6) is 0.552. The van der Waals surface area contributed by atoms with Crippen molar-refractivity contribution in [2.24, 2.45) is 0 Å². The van der Waals surface area contributed by atoms with Crippen molar-refractivity contribution in [2.75, 3.05) is 5.73 Å². The molecule has 2 heterocycles. The van der Waals surface area contributed by atoms with Crippen LogP contribution in [0.5, 0.6) is 0 Å². The van der Waals surface area contributed by atoms with E-state index in [2.05, 4.69) is 39.4 Å². The number of hydrogen-bond donors (Lipinski definition) is 2. The zero-order valence-corrected chi connectivity index (χ0v) is 11.8. The van der Waals surface area contributed by atoms with Gasteiger partial charge < -0.3 is 5.73 Å². The van der Waals surface area contributed by atoms with Gasteiger partial charge >= 0.3 is 0 Å². The largest absolute Gasteiger partial charge is 0.382 e. The lowest BCUT2D eigenvalue weighted by molar-refractivity contribution is 0.794. The summed E-state index contributed by atoms with van der Waals surface area (Å²) in [5.41, 5.74) is 10.5. The summed E-state index contributed by atoms with van der Waals surface area (Å²) in [6.07, 6.45) is 6.58. The molecule has 4 heteroatoms. The molecule has 0 bridgehead atoms. The minimum Gasteiger partial charge on any atom is -0.382 e. The molecule has 4 nitrogen and oxygen atoms in total. The van der Waals surface area contributed by atoms with Crippen molar-refractivity contribution in [1.29, 1.82) is 0 Å². The fourth-order valence-electron chi connectivity index (χ4n) is 2.53. The summed E-state index contributed by atoms with van der Waals surface area (Å²) in [5, 5.41) is 7.21. The highest BCUT2D eigenvalue weighted by molar-refractivity contribution is 5.75. The van der Waals surface area contributed by atoms with Gasteiger partial charge in [-0.2, -0.15) is 5.10 Å². The third kappa shape index (κ3) is 3.11. The SMILES string of the molecule is Nc1n[nH]c(CCCc2ccccc2)c1-c1ccncc1. The van der Waals surface area contributed by atoms with Gasteiger partial charge in [0.05, 0.1) is 0 Å². The second-order valence-electron chi connectivity index (χ2n) is 5.04. The average Bonchev–Trinajstić information content (AvgIpc) is 2.90. The molecule has 0 aliphatic rings. The van der Waals surface area contributed by atoms with E-state index in [1.165, 1.54) is 5.56 Å². The lowest BCUT2D eigenvalue weighted by Gasteiger charge is -2.05. The zero-order chi connectivity index (χ0) is 14.5. The first-order chi connectivity index (χ1) is 10.3. The van der Waals surface area contributed by atoms with E-state index in [9.17, 15) is 0 Å². The quantitative estimate of drug-likeness (QED) is 0.753. The Morgan fingerprint density at radius 3 is 2.48 bits per heavy atom. The molecule has 3 aromatic rings. The van der Waals surface area contributed by atoms with Gasteiger partial charge in [0.2, 0.25) is 0 Å². The van der Waals surface area contributed by atoms with E-state index in [-0.39, 0.29) is 0 Å². The maximum atomic E-state index is 5.99. The lowest BCUT2D eigenvalue weighted by Crippen LogP contribution is -1.94. The monoisotopic (exact) mass is 278 g/mol. The molecule has 0 saturated heterocycles. The van der Waals surface area contributed by atoms with E-state index in [4.69, 9.17) is 5.73 Å². The molecule has 0 unspecified atom stereocenters. The van der Waals surface area contributed by atoms with Crippen molar-refractivity contribution in [1.82, 2.24) is 15.2 Å². The number of pyridine rings is 1. The van der Waals surface area contributed by atoms with Crippen molar-refractivity contribution in [3.63, 3.8) is 0 Å². The van der Waals surface area contributed by atoms with Crippen molar-refractivity contribution < 1.29 is 0 Å². The number of nitrogens with zero attached hydrogens (tertiary/aromatic N) is 2. The number of hydrogen-bond acceptors (Lipinski definition) is 3. The van der Waals surface area contributed by atoms with Crippen molar-refractivity contribution in [3.8, 4) is 11.1 Å². The molecular formula is C17H18N4. The fourth-order valence-corrected chi connectivity index (χ4v) is 2.53. The predicted octanol–water partition coefficient (Wildman–Crippen LogP) is 3.23. The van der Waals surface area contributed by atoms with Gasteiger partial charge in [-0.3, -0.25) is 10.1 Å². The minimum absolute atomic E-state index is 0.552. The lowest BCUT2D eigenvalue weighted by atomic mass is 10.0. The second-order valence-corrected chi connectivity index (χ2v) is 5.04. The van der Waals surface area contributed by atoms with Crippen LogP contribution in [0, 0.1) is 0 Å². The number of anilines is 1. The number of aryl methyl sites for hydroxylation is 2. The molecule has 1 aromatic carbocycles. The molecule has 2 aromatic heterocycles. The van der Waals surface area contributed by atoms with Gasteiger partial charge in [0, 0.05) is 23.7 Å². The highest BCUT2D eigenvalue weighted by Crippen LogP contribution is 2.28. The Morgan fingerprint density at radius 1 is 0.952 bits per heavy atom.